The van der Waals surface area contributed by atoms with Crippen molar-refractivity contribution in [2.45, 2.75) is 17.8 Å². The van der Waals surface area contributed by atoms with E-state index in [2.05, 4.69) is 0 Å². The van der Waals surface area contributed by atoms with Crippen LogP contribution < -0.4 is 10.6 Å². The highest BCUT2D eigenvalue weighted by Gasteiger charge is 2.51. The highest BCUT2D eigenvalue weighted by atomic mass is 32.2. The molecule has 0 saturated carbocycles. The Morgan fingerprint density at radius 1 is 1.37 bits per heavy atom. The van der Waals surface area contributed by atoms with Crippen LogP contribution in [0.4, 0.5) is 10.1 Å². The Morgan fingerprint density at radius 3 is 2.85 bits per heavy atom. The Bertz CT molecular complexity index is 929. The first-order valence-electron chi connectivity index (χ1n) is 8.33. The number of β-lactam (4-membered cyclic amide) rings is 1. The molecule has 3 N–H and O–H groups in total. The highest BCUT2D eigenvalue weighted by molar-refractivity contribution is 8.00. The van der Waals surface area contributed by atoms with Gasteiger partial charge in [-0.15, -0.1) is 11.8 Å². The SMILES string of the molecule is N[C@@H]1C(=O)N2C(C(=O)O)=C(/C=C3\CCN(c4cccc(F)c4)C3=O)CS[C@H]12. The van der Waals surface area contributed by atoms with E-state index in [0.29, 0.717) is 35.6 Å². The van der Waals surface area contributed by atoms with Crippen LogP contribution in [-0.4, -0.2) is 51.5 Å². The third kappa shape index (κ3) is 2.83. The first-order valence-corrected chi connectivity index (χ1v) is 9.38. The van der Waals surface area contributed by atoms with Crippen molar-refractivity contribution < 1.29 is 23.9 Å². The highest BCUT2D eigenvalue weighted by Crippen LogP contribution is 2.40. The molecule has 27 heavy (non-hydrogen) atoms. The van der Waals surface area contributed by atoms with Gasteiger partial charge >= 0.3 is 5.97 Å². The van der Waals surface area contributed by atoms with Crippen LogP contribution in [-0.2, 0) is 14.4 Å². The number of rotatable bonds is 3. The predicted molar refractivity (Wildman–Crippen MR) is 97.2 cm³/mol. The molecule has 1 aromatic rings. The lowest BCUT2D eigenvalue weighted by Gasteiger charge is -2.47. The van der Waals surface area contributed by atoms with Crippen molar-refractivity contribution in [3.8, 4) is 0 Å². The fraction of sp³-hybridized carbons (Fsp3) is 0.278. The molecule has 0 aromatic heterocycles. The average molecular weight is 389 g/mol. The topological polar surface area (TPSA) is 104 Å². The molecular weight excluding hydrogens is 373 g/mol. The van der Waals surface area contributed by atoms with Crippen LogP contribution in [0.1, 0.15) is 6.42 Å². The number of carboxylic acids is 1. The van der Waals surface area contributed by atoms with Crippen molar-refractivity contribution in [2.75, 3.05) is 17.2 Å². The van der Waals surface area contributed by atoms with Gasteiger partial charge in [0, 0.05) is 23.6 Å². The summed E-state index contributed by atoms with van der Waals surface area (Å²) in [4.78, 5) is 39.1. The molecular formula is C18H16FN3O4S. The van der Waals surface area contributed by atoms with Crippen molar-refractivity contribution in [1.82, 2.24) is 4.90 Å². The molecule has 0 radical (unpaired) electrons. The van der Waals surface area contributed by atoms with Gasteiger partial charge in [0.25, 0.3) is 5.91 Å². The van der Waals surface area contributed by atoms with Crippen LogP contribution in [0, 0.1) is 5.82 Å². The number of nitrogens with two attached hydrogens (primary N) is 1. The fourth-order valence-corrected chi connectivity index (χ4v) is 4.75. The summed E-state index contributed by atoms with van der Waals surface area (Å²) in [5, 5.41) is 9.19. The number of carbonyl (C=O) groups excluding carboxylic acids is 2. The maximum atomic E-state index is 13.4. The molecule has 2 atom stereocenters. The number of thioether (sulfide) groups is 1. The third-order valence-corrected chi connectivity index (χ3v) is 6.16. The Morgan fingerprint density at radius 2 is 2.15 bits per heavy atom. The van der Waals surface area contributed by atoms with Gasteiger partial charge in [0.2, 0.25) is 5.91 Å². The lowest BCUT2D eigenvalue weighted by molar-refractivity contribution is -0.147. The number of halogens is 1. The summed E-state index contributed by atoms with van der Waals surface area (Å²) in [6, 6.07) is 5.06. The van der Waals surface area contributed by atoms with E-state index < -0.39 is 23.7 Å². The van der Waals surface area contributed by atoms with E-state index >= 15 is 0 Å². The van der Waals surface area contributed by atoms with Crippen molar-refractivity contribution in [3.05, 3.63) is 53.0 Å². The molecule has 1 aromatic carbocycles. The number of fused-ring (bicyclic) bond motifs is 1. The molecule has 3 aliphatic rings. The maximum absolute atomic E-state index is 13.4. The number of aliphatic carboxylic acids is 1. The minimum atomic E-state index is -1.22. The number of amides is 2. The summed E-state index contributed by atoms with van der Waals surface area (Å²) in [6.45, 7) is 0.382. The van der Waals surface area contributed by atoms with E-state index in [-0.39, 0.29) is 17.0 Å². The Hall–Kier alpha value is -2.65. The molecule has 140 valence electrons. The number of hydrogen-bond acceptors (Lipinski definition) is 5. The quantitative estimate of drug-likeness (QED) is 0.592. The fourth-order valence-electron chi connectivity index (χ4n) is 3.50. The van der Waals surface area contributed by atoms with Gasteiger partial charge in [-0.2, -0.15) is 0 Å². The van der Waals surface area contributed by atoms with E-state index in [1.165, 1.54) is 39.8 Å². The maximum Gasteiger partial charge on any atom is 0.352 e. The lowest BCUT2D eigenvalue weighted by Crippen LogP contribution is -2.68. The van der Waals surface area contributed by atoms with E-state index in [4.69, 9.17) is 5.73 Å². The minimum Gasteiger partial charge on any atom is -0.477 e. The van der Waals surface area contributed by atoms with Gasteiger partial charge in [0.15, 0.2) is 0 Å². The molecule has 3 aliphatic heterocycles. The zero-order valence-electron chi connectivity index (χ0n) is 14.1. The molecule has 2 fully saturated rings. The van der Waals surface area contributed by atoms with Gasteiger partial charge in [-0.25, -0.2) is 9.18 Å². The zero-order chi connectivity index (χ0) is 19.3. The van der Waals surface area contributed by atoms with Crippen LogP contribution in [0.15, 0.2) is 47.2 Å². The van der Waals surface area contributed by atoms with Crippen molar-refractivity contribution in [1.29, 1.82) is 0 Å². The van der Waals surface area contributed by atoms with E-state index in [1.807, 2.05) is 0 Å². The molecule has 2 saturated heterocycles. The van der Waals surface area contributed by atoms with Crippen LogP contribution >= 0.6 is 11.8 Å². The number of carboxylic acid groups (broad SMARTS) is 1. The van der Waals surface area contributed by atoms with Gasteiger partial charge in [-0.3, -0.25) is 14.5 Å². The number of anilines is 1. The van der Waals surface area contributed by atoms with Crippen molar-refractivity contribution in [2.24, 2.45) is 5.73 Å². The third-order valence-electron chi connectivity index (χ3n) is 4.83. The Balaban J connectivity index is 1.66. The van der Waals surface area contributed by atoms with Gasteiger partial charge in [0.05, 0.1) is 0 Å². The number of carbonyl (C=O) groups is 3. The second-order valence-corrected chi connectivity index (χ2v) is 7.58. The van der Waals surface area contributed by atoms with Gasteiger partial charge in [0.1, 0.15) is 22.9 Å². The lowest BCUT2D eigenvalue weighted by atomic mass is 10.0. The summed E-state index contributed by atoms with van der Waals surface area (Å²) in [5.41, 5.74) is 6.92. The van der Waals surface area contributed by atoms with Crippen molar-refractivity contribution >= 4 is 35.2 Å². The molecule has 2 amide bonds. The van der Waals surface area contributed by atoms with Crippen molar-refractivity contribution in [3.63, 3.8) is 0 Å². The summed E-state index contributed by atoms with van der Waals surface area (Å²) in [6.07, 6.45) is 1.96. The predicted octanol–water partition coefficient (Wildman–Crippen LogP) is 1.07. The summed E-state index contributed by atoms with van der Waals surface area (Å²) in [7, 11) is 0. The molecule has 0 unspecified atom stereocenters. The minimum absolute atomic E-state index is 0.116. The summed E-state index contributed by atoms with van der Waals surface area (Å²) in [5.74, 6) is -2.03. The Kier molecular flexibility index (Phi) is 4.27. The van der Waals surface area contributed by atoms with Gasteiger partial charge in [-0.05, 0) is 36.3 Å². The van der Waals surface area contributed by atoms with E-state index in [0.717, 1.165) is 0 Å². The first kappa shape index (κ1) is 17.7. The largest absolute Gasteiger partial charge is 0.477 e. The number of allylic oxidation sites excluding steroid dienone is 1. The van der Waals surface area contributed by atoms with Gasteiger partial charge < -0.3 is 15.7 Å². The normalized spacial score (nSPS) is 26.5. The standard InChI is InChI=1S/C18H16FN3O4S/c19-11-2-1-3-12(7-11)21-5-4-9(15(21)23)6-10-8-27-17-13(20)16(24)22(17)14(10)18(25)26/h1-3,6-7,13,17H,4-5,8,20H2,(H,25,26)/b9-6+/t13-,17-/m1/s1. The number of nitrogens with zero attached hydrogens (tertiary/aromatic N) is 2. The molecule has 0 aliphatic carbocycles. The average Bonchev–Trinajstić information content (AvgIpc) is 3.01. The monoisotopic (exact) mass is 389 g/mol. The number of hydrogen-bond donors (Lipinski definition) is 2. The van der Waals surface area contributed by atoms with Crippen LogP contribution in [0.3, 0.4) is 0 Å². The molecule has 9 heteroatoms. The molecule has 3 heterocycles. The van der Waals surface area contributed by atoms with Gasteiger partial charge in [-0.1, -0.05) is 6.07 Å². The van der Waals surface area contributed by atoms with Crippen LogP contribution in [0.5, 0.6) is 0 Å². The molecule has 4 rings (SSSR count). The summed E-state index contributed by atoms with van der Waals surface area (Å²) >= 11 is 1.38. The Labute approximate surface area is 158 Å². The zero-order valence-corrected chi connectivity index (χ0v) is 14.9. The number of benzene rings is 1. The molecule has 0 bridgehead atoms. The molecule has 7 nitrogen and oxygen atoms in total. The smallest absolute Gasteiger partial charge is 0.352 e. The second kappa shape index (κ2) is 6.50. The summed E-state index contributed by atoms with van der Waals surface area (Å²) < 4.78 is 13.4. The van der Waals surface area contributed by atoms with Crippen LogP contribution in [0.2, 0.25) is 0 Å². The first-order chi connectivity index (χ1) is 12.9. The van der Waals surface area contributed by atoms with E-state index in [9.17, 15) is 23.9 Å². The molecule has 0 spiro atoms. The van der Waals surface area contributed by atoms with Crippen LogP contribution in [0.25, 0.3) is 0 Å². The second-order valence-electron chi connectivity index (χ2n) is 6.47. The van der Waals surface area contributed by atoms with E-state index in [1.54, 1.807) is 12.1 Å².